The van der Waals surface area contributed by atoms with Crippen molar-refractivity contribution in [3.8, 4) is 5.69 Å². The molecule has 1 aliphatic rings. The Hall–Kier alpha value is -4.88. The van der Waals surface area contributed by atoms with E-state index < -0.39 is 0 Å². The molecule has 0 radical (unpaired) electrons. The van der Waals surface area contributed by atoms with Crippen molar-refractivity contribution in [1.29, 1.82) is 0 Å². The Morgan fingerprint density at radius 2 is 1.43 bits per heavy atom. The van der Waals surface area contributed by atoms with Gasteiger partial charge in [-0.25, -0.2) is 0 Å². The first-order chi connectivity index (χ1) is 20.4. The van der Waals surface area contributed by atoms with Crippen molar-refractivity contribution < 1.29 is 0 Å². The molecule has 6 aromatic carbocycles. The predicted molar refractivity (Wildman–Crippen MR) is 183 cm³/mol. The van der Waals surface area contributed by atoms with Gasteiger partial charge in [-0.1, -0.05) is 111 Å². The maximum Gasteiger partial charge on any atom is 0.0553 e. The molecule has 0 amide bonds. The van der Waals surface area contributed by atoms with Crippen LogP contribution in [-0.2, 0) is 5.41 Å². The zero-order valence-corrected chi connectivity index (χ0v) is 24.6. The van der Waals surface area contributed by atoms with E-state index in [4.69, 9.17) is 0 Å². The van der Waals surface area contributed by atoms with Crippen LogP contribution in [0.15, 0.2) is 127 Å². The minimum Gasteiger partial charge on any atom is -0.309 e. The lowest BCUT2D eigenvalue weighted by atomic mass is 9.68. The van der Waals surface area contributed by atoms with Gasteiger partial charge in [0, 0.05) is 21.9 Å². The first-order valence-electron chi connectivity index (χ1n) is 14.8. The number of aromatic nitrogens is 1. The van der Waals surface area contributed by atoms with E-state index in [1.807, 2.05) is 6.08 Å². The van der Waals surface area contributed by atoms with Gasteiger partial charge in [-0.05, 0) is 98.3 Å². The number of fused-ring (bicyclic) bond motifs is 7. The molecule has 0 saturated carbocycles. The van der Waals surface area contributed by atoms with Crippen LogP contribution in [0.2, 0.25) is 0 Å². The summed E-state index contributed by atoms with van der Waals surface area (Å²) in [5.74, 6) is 0. The SMILES string of the molecule is C=C/C=C\C1=C(C)c2c3c(cccc3cc3c2c2ccc(C)cc2n3-c2ccc3c(ccc4ccccc43)c2)C1(C)C. The minimum absolute atomic E-state index is 0.111. The van der Waals surface area contributed by atoms with E-state index >= 15 is 0 Å². The molecule has 0 N–H and O–H groups in total. The van der Waals surface area contributed by atoms with Gasteiger partial charge in [0.05, 0.1) is 11.0 Å². The van der Waals surface area contributed by atoms with E-state index in [9.17, 15) is 0 Å². The smallest absolute Gasteiger partial charge is 0.0553 e. The van der Waals surface area contributed by atoms with Gasteiger partial charge in [0.25, 0.3) is 0 Å². The summed E-state index contributed by atoms with van der Waals surface area (Å²) in [6.45, 7) is 13.2. The largest absolute Gasteiger partial charge is 0.309 e. The summed E-state index contributed by atoms with van der Waals surface area (Å²) in [6, 6.07) is 36.3. The summed E-state index contributed by atoms with van der Waals surface area (Å²) < 4.78 is 2.49. The van der Waals surface area contributed by atoms with Crippen molar-refractivity contribution in [2.45, 2.75) is 33.1 Å². The number of aryl methyl sites for hydroxylation is 1. The normalized spacial score (nSPS) is 14.8. The van der Waals surface area contributed by atoms with Gasteiger partial charge in [0.15, 0.2) is 0 Å². The number of hydrogen-bond acceptors (Lipinski definition) is 0. The molecule has 0 bridgehead atoms. The molecule has 0 saturated heterocycles. The second-order valence-electron chi connectivity index (χ2n) is 12.4. The fraction of sp³-hybridized carbons (Fsp3) is 0.122. The van der Waals surface area contributed by atoms with E-state index in [1.54, 1.807) is 0 Å². The lowest BCUT2D eigenvalue weighted by Gasteiger charge is -2.36. The molecular weight excluding hydrogens is 506 g/mol. The summed E-state index contributed by atoms with van der Waals surface area (Å²) in [7, 11) is 0. The van der Waals surface area contributed by atoms with Gasteiger partial charge >= 0.3 is 0 Å². The van der Waals surface area contributed by atoms with Crippen LogP contribution in [0.5, 0.6) is 0 Å². The van der Waals surface area contributed by atoms with Crippen molar-refractivity contribution in [2.75, 3.05) is 0 Å². The monoisotopic (exact) mass is 539 g/mol. The molecule has 202 valence electrons. The molecule has 0 atom stereocenters. The molecule has 1 nitrogen and oxygen atoms in total. The number of benzene rings is 6. The van der Waals surface area contributed by atoms with E-state index in [2.05, 4.69) is 148 Å². The molecule has 0 aliphatic heterocycles. The molecule has 0 fully saturated rings. The number of nitrogens with zero attached hydrogens (tertiary/aromatic N) is 1. The number of rotatable bonds is 3. The van der Waals surface area contributed by atoms with Crippen molar-refractivity contribution in [2.24, 2.45) is 0 Å². The Labute approximate surface area is 246 Å². The third kappa shape index (κ3) is 3.31. The Morgan fingerprint density at radius 3 is 2.29 bits per heavy atom. The maximum atomic E-state index is 3.96. The van der Waals surface area contributed by atoms with Crippen LogP contribution >= 0.6 is 0 Å². The highest BCUT2D eigenvalue weighted by atomic mass is 15.0. The van der Waals surface area contributed by atoms with Gasteiger partial charge in [-0.15, -0.1) is 0 Å². The molecule has 1 aliphatic carbocycles. The zero-order valence-electron chi connectivity index (χ0n) is 24.6. The minimum atomic E-state index is -0.111. The van der Waals surface area contributed by atoms with Gasteiger partial charge in [-0.3, -0.25) is 0 Å². The van der Waals surface area contributed by atoms with Gasteiger partial charge in [-0.2, -0.15) is 0 Å². The van der Waals surface area contributed by atoms with Crippen molar-refractivity contribution in [3.63, 3.8) is 0 Å². The Kier molecular flexibility index (Phi) is 5.22. The summed E-state index contributed by atoms with van der Waals surface area (Å²) >= 11 is 0. The van der Waals surface area contributed by atoms with Crippen LogP contribution in [0.25, 0.3) is 65.4 Å². The molecule has 1 heteroatoms. The predicted octanol–water partition coefficient (Wildman–Crippen LogP) is 11.4. The molecule has 42 heavy (non-hydrogen) atoms. The summed E-state index contributed by atoms with van der Waals surface area (Å²) in [4.78, 5) is 0. The van der Waals surface area contributed by atoms with Crippen LogP contribution in [0.3, 0.4) is 0 Å². The molecule has 7 aromatic rings. The second kappa shape index (κ2) is 8.81. The lowest BCUT2D eigenvalue weighted by Crippen LogP contribution is -2.24. The average molecular weight is 540 g/mol. The number of allylic oxidation sites excluding steroid dienone is 5. The molecular formula is C41H33N. The average Bonchev–Trinajstić information content (AvgIpc) is 3.31. The van der Waals surface area contributed by atoms with Crippen LogP contribution in [-0.4, -0.2) is 4.57 Å². The van der Waals surface area contributed by atoms with Gasteiger partial charge in [0.2, 0.25) is 0 Å². The fourth-order valence-corrected chi connectivity index (χ4v) is 7.62. The molecule has 0 spiro atoms. The molecule has 1 heterocycles. The Bertz CT molecular complexity index is 2350. The summed E-state index contributed by atoms with van der Waals surface area (Å²) in [5, 5.41) is 10.4. The zero-order chi connectivity index (χ0) is 28.7. The lowest BCUT2D eigenvalue weighted by molar-refractivity contribution is 0.643. The molecule has 0 unspecified atom stereocenters. The molecule has 8 rings (SSSR count). The quantitative estimate of drug-likeness (QED) is 0.155. The molecule has 1 aromatic heterocycles. The third-order valence-corrected chi connectivity index (χ3v) is 9.56. The van der Waals surface area contributed by atoms with Gasteiger partial charge < -0.3 is 4.57 Å². The first-order valence-corrected chi connectivity index (χ1v) is 14.8. The van der Waals surface area contributed by atoms with E-state index in [1.165, 1.54) is 87.6 Å². The second-order valence-corrected chi connectivity index (χ2v) is 12.4. The fourth-order valence-electron chi connectivity index (χ4n) is 7.62. The highest BCUT2D eigenvalue weighted by Gasteiger charge is 2.34. The van der Waals surface area contributed by atoms with Crippen LogP contribution in [0, 0.1) is 6.92 Å². The highest BCUT2D eigenvalue weighted by molar-refractivity contribution is 6.22. The topological polar surface area (TPSA) is 4.93 Å². The van der Waals surface area contributed by atoms with Crippen molar-refractivity contribution in [1.82, 2.24) is 4.57 Å². The first kappa shape index (κ1) is 24.9. The number of hydrogen-bond donors (Lipinski definition) is 0. The van der Waals surface area contributed by atoms with E-state index in [-0.39, 0.29) is 5.41 Å². The van der Waals surface area contributed by atoms with Crippen molar-refractivity contribution in [3.05, 3.63) is 144 Å². The van der Waals surface area contributed by atoms with Crippen LogP contribution < -0.4 is 0 Å². The van der Waals surface area contributed by atoms with E-state index in [0.717, 1.165) is 0 Å². The van der Waals surface area contributed by atoms with Gasteiger partial charge in [0.1, 0.15) is 0 Å². The van der Waals surface area contributed by atoms with Crippen LogP contribution in [0.4, 0.5) is 0 Å². The van der Waals surface area contributed by atoms with Crippen molar-refractivity contribution >= 4 is 59.7 Å². The Balaban J connectivity index is 1.54. The Morgan fingerprint density at radius 1 is 0.667 bits per heavy atom. The summed E-state index contributed by atoms with van der Waals surface area (Å²) in [5.41, 5.74) is 10.3. The van der Waals surface area contributed by atoms with Crippen LogP contribution in [0.1, 0.15) is 37.5 Å². The van der Waals surface area contributed by atoms with E-state index in [0.29, 0.717) is 0 Å². The standard InChI is InChI=1S/C41H33N/c1-6-7-14-34-26(3)38-39-29(12-10-15-35(39)41(34,4)5)24-37-40(38)33-20-16-25(2)22-36(33)42(37)30-19-21-32-28(23-30)18-17-27-11-8-9-13-31(27)32/h6-24H,1H2,2-5H3/b14-7-. The highest BCUT2D eigenvalue weighted by Crippen LogP contribution is 2.51. The maximum absolute atomic E-state index is 3.96. The summed E-state index contributed by atoms with van der Waals surface area (Å²) in [6.07, 6.45) is 6.22. The third-order valence-electron chi connectivity index (χ3n) is 9.56.